The molecule has 12 nitrogen and oxygen atoms in total. The van der Waals surface area contributed by atoms with Crippen LogP contribution >= 0.6 is 0 Å². The molecule has 2 fully saturated rings. The zero-order valence-corrected chi connectivity index (χ0v) is 21.0. The smallest absolute Gasteiger partial charge is 0.303 e. The third-order valence-corrected chi connectivity index (χ3v) is 7.94. The van der Waals surface area contributed by atoms with Crippen LogP contribution in [0.25, 0.3) is 5.78 Å². The van der Waals surface area contributed by atoms with Crippen molar-refractivity contribution in [1.29, 1.82) is 0 Å². The highest BCUT2D eigenvalue weighted by Gasteiger charge is 2.34. The fraction of sp³-hybridized carbons (Fsp3) is 0.636. The average molecular weight is 510 g/mol. The second-order valence-corrected chi connectivity index (χ2v) is 11.0. The maximum absolute atomic E-state index is 13.5. The first-order chi connectivity index (χ1) is 16.7. The van der Waals surface area contributed by atoms with Gasteiger partial charge in [-0.15, -0.1) is 0 Å². The second kappa shape index (κ2) is 9.97. The normalized spacial score (nSPS) is 22.0. The molecule has 0 aromatic carbocycles. The molecule has 2 saturated heterocycles. The summed E-state index contributed by atoms with van der Waals surface area (Å²) < 4.78 is 40.4. The monoisotopic (exact) mass is 509 g/mol. The number of rotatable bonds is 8. The van der Waals surface area contributed by atoms with E-state index in [9.17, 15) is 22.8 Å². The summed E-state index contributed by atoms with van der Waals surface area (Å²) in [6.07, 6.45) is 3.51. The predicted octanol–water partition coefficient (Wildman–Crippen LogP) is 0.663. The summed E-state index contributed by atoms with van der Waals surface area (Å²) in [5, 5.41) is 0. The van der Waals surface area contributed by atoms with E-state index in [-0.39, 0.29) is 66.6 Å². The van der Waals surface area contributed by atoms with Crippen molar-refractivity contribution in [3.63, 3.8) is 0 Å². The Morgan fingerprint density at radius 2 is 2.00 bits per heavy atom. The second-order valence-electron chi connectivity index (χ2n) is 9.00. The van der Waals surface area contributed by atoms with Crippen LogP contribution in [-0.2, 0) is 26.1 Å². The van der Waals surface area contributed by atoms with Crippen LogP contribution in [0.1, 0.15) is 50.5 Å². The number of imidazole rings is 1. The van der Waals surface area contributed by atoms with E-state index in [1.165, 1.54) is 10.8 Å². The fourth-order valence-corrected chi connectivity index (χ4v) is 6.05. The first-order valence-electron chi connectivity index (χ1n) is 11.8. The molecular weight excluding hydrogens is 478 g/mol. The minimum absolute atomic E-state index is 0.000233. The molecule has 2 atom stereocenters. The Morgan fingerprint density at radius 1 is 1.29 bits per heavy atom. The molecule has 0 saturated carbocycles. The summed E-state index contributed by atoms with van der Waals surface area (Å²) >= 11 is 0. The van der Waals surface area contributed by atoms with Crippen molar-refractivity contribution in [2.45, 2.75) is 58.8 Å². The number of amides is 1. The van der Waals surface area contributed by atoms with Crippen molar-refractivity contribution < 1.29 is 27.5 Å². The van der Waals surface area contributed by atoms with Crippen molar-refractivity contribution in [3.8, 4) is 5.75 Å². The molecule has 1 amide bonds. The van der Waals surface area contributed by atoms with Gasteiger partial charge in [-0.05, 0) is 26.7 Å². The van der Waals surface area contributed by atoms with Gasteiger partial charge in [0.05, 0.1) is 30.8 Å². The Morgan fingerprint density at radius 3 is 2.60 bits per heavy atom. The average Bonchev–Trinajstić information content (AvgIpc) is 3.33. The fourth-order valence-electron chi connectivity index (χ4n) is 4.51. The predicted molar refractivity (Wildman–Crippen MR) is 128 cm³/mol. The van der Waals surface area contributed by atoms with Crippen molar-refractivity contribution in [2.75, 3.05) is 36.3 Å². The Balaban J connectivity index is 1.81. The number of anilines is 1. The molecule has 4 rings (SSSR count). The van der Waals surface area contributed by atoms with Crippen molar-refractivity contribution in [1.82, 2.24) is 18.9 Å². The van der Waals surface area contributed by atoms with E-state index in [1.807, 2.05) is 20.8 Å². The van der Waals surface area contributed by atoms with Gasteiger partial charge >= 0.3 is 5.56 Å². The first kappa shape index (κ1) is 25.2. The highest BCUT2D eigenvalue weighted by atomic mass is 32.2. The van der Waals surface area contributed by atoms with Crippen LogP contribution in [0.4, 0.5) is 5.82 Å². The maximum atomic E-state index is 13.5. The Hall–Kier alpha value is -2.93. The minimum Gasteiger partial charge on any atom is -0.486 e. The van der Waals surface area contributed by atoms with Crippen molar-refractivity contribution in [2.24, 2.45) is 0 Å². The number of fused-ring (bicyclic) bond motifs is 1. The molecule has 2 aliphatic rings. The number of carbonyl (C=O) groups is 2. The number of morpholine rings is 1. The van der Waals surface area contributed by atoms with Crippen LogP contribution in [0.2, 0.25) is 0 Å². The van der Waals surface area contributed by atoms with Crippen LogP contribution in [0, 0.1) is 0 Å². The molecule has 2 aromatic rings. The van der Waals surface area contributed by atoms with Gasteiger partial charge in [-0.25, -0.2) is 17.8 Å². The van der Waals surface area contributed by atoms with E-state index in [0.29, 0.717) is 32.2 Å². The van der Waals surface area contributed by atoms with E-state index in [4.69, 9.17) is 9.47 Å². The maximum Gasteiger partial charge on any atom is 0.303 e. The molecule has 4 heterocycles. The molecule has 0 spiro atoms. The molecule has 2 aliphatic heterocycles. The van der Waals surface area contributed by atoms with E-state index in [2.05, 4.69) is 4.98 Å². The van der Waals surface area contributed by atoms with Gasteiger partial charge in [0.1, 0.15) is 12.4 Å². The molecule has 0 N–H and O–H groups in total. The molecule has 0 bridgehead atoms. The minimum atomic E-state index is -3.64. The Labute approximate surface area is 203 Å². The van der Waals surface area contributed by atoms with Crippen molar-refractivity contribution in [3.05, 3.63) is 22.2 Å². The standard InChI is InChI=1S/C22H31N5O7S/c1-4-5-8-33-20-17(14-28)23-22-25(13-19(29)24-10-15(2)34-16(3)11-24)12-18(27(22)21(20)30)26-7-6-9-35(26,31)32/h12,14-16H,4-11,13H2,1-3H3/t15-,16-/m0/s1. The van der Waals surface area contributed by atoms with E-state index in [1.54, 1.807) is 4.90 Å². The highest BCUT2D eigenvalue weighted by Crippen LogP contribution is 2.27. The number of ether oxygens (including phenoxy) is 2. The number of aldehydes is 1. The van der Waals surface area contributed by atoms with Gasteiger partial charge in [0.2, 0.25) is 27.5 Å². The number of hydrogen-bond acceptors (Lipinski definition) is 8. The number of nitrogens with zero attached hydrogens (tertiary/aromatic N) is 5. The lowest BCUT2D eigenvalue weighted by atomic mass is 10.2. The SMILES string of the molecule is CCCCOc1c(C=O)nc2n(CC(=O)N3C[C@H](C)O[C@@H](C)C3)cc(N3CCCS3(=O)=O)n2c1=O. The number of sulfonamides is 1. The summed E-state index contributed by atoms with van der Waals surface area (Å²) in [6.45, 7) is 6.78. The molecular formula is C22H31N5O7S. The van der Waals surface area contributed by atoms with Gasteiger partial charge in [-0.3, -0.25) is 18.7 Å². The molecule has 0 unspecified atom stereocenters. The van der Waals surface area contributed by atoms with Gasteiger partial charge in [0.25, 0.3) is 0 Å². The lowest BCUT2D eigenvalue weighted by Crippen LogP contribution is -2.49. The topological polar surface area (TPSA) is 133 Å². The Kier molecular flexibility index (Phi) is 7.17. The summed E-state index contributed by atoms with van der Waals surface area (Å²) in [7, 11) is -3.64. The molecule has 0 aliphatic carbocycles. The zero-order chi connectivity index (χ0) is 25.3. The first-order valence-corrected chi connectivity index (χ1v) is 13.4. The van der Waals surface area contributed by atoms with Gasteiger partial charge < -0.3 is 18.9 Å². The van der Waals surface area contributed by atoms with Crippen LogP contribution in [0.15, 0.2) is 11.0 Å². The van der Waals surface area contributed by atoms with E-state index in [0.717, 1.165) is 15.1 Å². The largest absolute Gasteiger partial charge is 0.486 e. The van der Waals surface area contributed by atoms with Gasteiger partial charge in [-0.1, -0.05) is 13.3 Å². The summed E-state index contributed by atoms with van der Waals surface area (Å²) in [5.74, 6) is -0.436. The third-order valence-electron chi connectivity index (χ3n) is 6.10. The van der Waals surface area contributed by atoms with Gasteiger partial charge in [0, 0.05) is 19.6 Å². The van der Waals surface area contributed by atoms with E-state index < -0.39 is 15.6 Å². The summed E-state index contributed by atoms with van der Waals surface area (Å²) in [6, 6.07) is 0. The zero-order valence-electron chi connectivity index (χ0n) is 20.2. The summed E-state index contributed by atoms with van der Waals surface area (Å²) in [5.41, 5.74) is -0.882. The van der Waals surface area contributed by atoms with Crippen LogP contribution in [0.3, 0.4) is 0 Å². The van der Waals surface area contributed by atoms with Gasteiger partial charge in [-0.2, -0.15) is 0 Å². The van der Waals surface area contributed by atoms with Crippen LogP contribution < -0.4 is 14.6 Å². The highest BCUT2D eigenvalue weighted by molar-refractivity contribution is 7.93. The van der Waals surface area contributed by atoms with Gasteiger partial charge in [0.15, 0.2) is 12.0 Å². The molecule has 0 radical (unpaired) electrons. The molecule has 192 valence electrons. The number of hydrogen-bond donors (Lipinski definition) is 0. The quantitative estimate of drug-likeness (QED) is 0.375. The summed E-state index contributed by atoms with van der Waals surface area (Å²) in [4.78, 5) is 44.4. The van der Waals surface area contributed by atoms with Crippen LogP contribution in [-0.4, -0.2) is 83.7 Å². The lowest BCUT2D eigenvalue weighted by Gasteiger charge is -2.35. The third kappa shape index (κ3) is 4.92. The molecule has 13 heteroatoms. The lowest BCUT2D eigenvalue weighted by molar-refractivity contribution is -0.143. The van der Waals surface area contributed by atoms with E-state index >= 15 is 0 Å². The van der Waals surface area contributed by atoms with Crippen molar-refractivity contribution >= 4 is 33.8 Å². The number of carbonyl (C=O) groups excluding carboxylic acids is 2. The molecule has 2 aromatic heterocycles. The van der Waals surface area contributed by atoms with Crippen LogP contribution in [0.5, 0.6) is 5.75 Å². The Bertz CT molecular complexity index is 1280. The number of aromatic nitrogens is 3. The molecule has 35 heavy (non-hydrogen) atoms. The number of unbranched alkanes of at least 4 members (excludes halogenated alkanes) is 1.